The maximum Gasteiger partial charge on any atom is 0.0107 e. The molecule has 1 N–H and O–H groups in total. The molecule has 1 atom stereocenters. The van der Waals surface area contributed by atoms with E-state index in [-0.39, 0.29) is 5.54 Å². The molecule has 0 aromatic heterocycles. The third-order valence-electron chi connectivity index (χ3n) is 3.63. The van der Waals surface area contributed by atoms with Crippen LogP contribution in [0.5, 0.6) is 0 Å². The summed E-state index contributed by atoms with van der Waals surface area (Å²) < 4.78 is 0. The summed E-state index contributed by atoms with van der Waals surface area (Å²) in [6.07, 6.45) is 1.31. The van der Waals surface area contributed by atoms with E-state index in [1.54, 1.807) is 0 Å². The summed E-state index contributed by atoms with van der Waals surface area (Å²) in [5, 5.41) is 3.56. The Morgan fingerprint density at radius 2 is 1.94 bits per heavy atom. The average molecular weight is 246 g/mol. The van der Waals surface area contributed by atoms with Crippen molar-refractivity contribution in [2.24, 2.45) is 0 Å². The number of hydrogen-bond donors (Lipinski definition) is 1. The van der Waals surface area contributed by atoms with Crippen LogP contribution in [-0.4, -0.2) is 36.6 Å². The topological polar surface area (TPSA) is 15.3 Å². The lowest BCUT2D eigenvalue weighted by Gasteiger charge is -2.23. The van der Waals surface area contributed by atoms with Crippen LogP contribution in [0.1, 0.15) is 38.7 Å². The highest BCUT2D eigenvalue weighted by atomic mass is 15.2. The van der Waals surface area contributed by atoms with E-state index in [0.29, 0.717) is 0 Å². The van der Waals surface area contributed by atoms with E-state index in [0.717, 1.165) is 12.5 Å². The molecular weight excluding hydrogens is 220 g/mol. The molecule has 0 aliphatic carbocycles. The van der Waals surface area contributed by atoms with Gasteiger partial charge in [0.25, 0.3) is 0 Å². The van der Waals surface area contributed by atoms with Crippen molar-refractivity contribution in [2.75, 3.05) is 26.2 Å². The molecular formula is C16H26N2. The van der Waals surface area contributed by atoms with Crippen LogP contribution in [-0.2, 0) is 0 Å². The maximum atomic E-state index is 3.56. The first-order valence-corrected chi connectivity index (χ1v) is 7.07. The lowest BCUT2D eigenvalue weighted by molar-refractivity contribution is 0.309. The molecule has 0 saturated carbocycles. The van der Waals surface area contributed by atoms with Gasteiger partial charge in [-0.05, 0) is 45.2 Å². The number of benzene rings is 1. The molecule has 1 aromatic rings. The predicted octanol–water partition coefficient (Wildman–Crippen LogP) is 2.86. The fraction of sp³-hybridized carbons (Fsp3) is 0.625. The van der Waals surface area contributed by atoms with Crippen LogP contribution in [0.15, 0.2) is 30.3 Å². The minimum Gasteiger partial charge on any atom is -0.311 e. The molecule has 1 unspecified atom stereocenters. The monoisotopic (exact) mass is 246 g/mol. The Morgan fingerprint density at radius 3 is 2.61 bits per heavy atom. The molecule has 100 valence electrons. The Morgan fingerprint density at radius 1 is 1.22 bits per heavy atom. The van der Waals surface area contributed by atoms with E-state index in [1.807, 2.05) is 0 Å². The Balaban J connectivity index is 1.76. The second-order valence-corrected chi connectivity index (χ2v) is 6.37. The standard InChI is InChI=1S/C16H26N2/c1-16(2,3)17-10-12-18-11-9-15(13-18)14-7-5-4-6-8-14/h4-8,15,17H,9-13H2,1-3H3. The molecule has 1 aromatic carbocycles. The van der Waals surface area contributed by atoms with Gasteiger partial charge in [0.1, 0.15) is 0 Å². The second kappa shape index (κ2) is 5.85. The Labute approximate surface area is 111 Å². The molecule has 1 fully saturated rings. The Hall–Kier alpha value is -0.860. The largest absolute Gasteiger partial charge is 0.311 e. The van der Waals surface area contributed by atoms with Gasteiger partial charge >= 0.3 is 0 Å². The summed E-state index contributed by atoms with van der Waals surface area (Å²) in [5.74, 6) is 0.737. The van der Waals surface area contributed by atoms with Crippen LogP contribution < -0.4 is 5.32 Å². The third kappa shape index (κ3) is 4.11. The van der Waals surface area contributed by atoms with Crippen molar-refractivity contribution >= 4 is 0 Å². The average Bonchev–Trinajstić information content (AvgIpc) is 2.77. The lowest BCUT2D eigenvalue weighted by Crippen LogP contribution is -2.40. The van der Waals surface area contributed by atoms with Crippen LogP contribution in [0.25, 0.3) is 0 Å². The zero-order valence-corrected chi connectivity index (χ0v) is 11.9. The summed E-state index contributed by atoms with van der Waals surface area (Å²) in [5.41, 5.74) is 1.74. The van der Waals surface area contributed by atoms with Crippen LogP contribution in [0.4, 0.5) is 0 Å². The van der Waals surface area contributed by atoms with E-state index in [2.05, 4.69) is 61.3 Å². The fourth-order valence-electron chi connectivity index (χ4n) is 2.62. The van der Waals surface area contributed by atoms with E-state index < -0.39 is 0 Å². The van der Waals surface area contributed by atoms with E-state index >= 15 is 0 Å². The molecule has 1 saturated heterocycles. The normalized spacial score (nSPS) is 21.4. The van der Waals surface area contributed by atoms with Gasteiger partial charge in [-0.3, -0.25) is 0 Å². The minimum atomic E-state index is 0.235. The Kier molecular flexibility index (Phi) is 4.41. The van der Waals surface area contributed by atoms with Crippen LogP contribution in [0.2, 0.25) is 0 Å². The van der Waals surface area contributed by atoms with E-state index in [1.165, 1.54) is 31.6 Å². The molecule has 18 heavy (non-hydrogen) atoms. The minimum absolute atomic E-state index is 0.235. The van der Waals surface area contributed by atoms with Gasteiger partial charge in [-0.15, -0.1) is 0 Å². The summed E-state index contributed by atoms with van der Waals surface area (Å²) in [7, 11) is 0. The summed E-state index contributed by atoms with van der Waals surface area (Å²) in [6.45, 7) is 11.4. The van der Waals surface area contributed by atoms with Crippen LogP contribution in [0.3, 0.4) is 0 Å². The van der Waals surface area contributed by atoms with Gasteiger partial charge in [0.05, 0.1) is 0 Å². The van der Waals surface area contributed by atoms with Crippen LogP contribution >= 0.6 is 0 Å². The number of rotatable bonds is 4. The summed E-state index contributed by atoms with van der Waals surface area (Å²) in [4.78, 5) is 2.58. The van der Waals surface area contributed by atoms with Crippen molar-refractivity contribution in [3.63, 3.8) is 0 Å². The van der Waals surface area contributed by atoms with Gasteiger partial charge in [-0.25, -0.2) is 0 Å². The smallest absolute Gasteiger partial charge is 0.0107 e. The molecule has 1 aliphatic heterocycles. The van der Waals surface area contributed by atoms with Gasteiger partial charge in [-0.1, -0.05) is 30.3 Å². The predicted molar refractivity (Wildman–Crippen MR) is 78.0 cm³/mol. The maximum absolute atomic E-state index is 3.56. The number of hydrogen-bond acceptors (Lipinski definition) is 2. The summed E-state index contributed by atoms with van der Waals surface area (Å²) in [6, 6.07) is 10.9. The number of nitrogens with zero attached hydrogens (tertiary/aromatic N) is 1. The molecule has 0 spiro atoms. The molecule has 0 radical (unpaired) electrons. The Bertz CT molecular complexity index is 353. The highest BCUT2D eigenvalue weighted by molar-refractivity contribution is 5.20. The van der Waals surface area contributed by atoms with Gasteiger partial charge < -0.3 is 10.2 Å². The molecule has 2 nitrogen and oxygen atoms in total. The molecule has 0 amide bonds. The van der Waals surface area contributed by atoms with E-state index in [4.69, 9.17) is 0 Å². The van der Waals surface area contributed by atoms with E-state index in [9.17, 15) is 0 Å². The highest BCUT2D eigenvalue weighted by Crippen LogP contribution is 2.26. The zero-order chi connectivity index (χ0) is 13.0. The van der Waals surface area contributed by atoms with Crippen molar-refractivity contribution < 1.29 is 0 Å². The van der Waals surface area contributed by atoms with Crippen molar-refractivity contribution in [1.82, 2.24) is 10.2 Å². The van der Waals surface area contributed by atoms with Crippen LogP contribution in [0, 0.1) is 0 Å². The van der Waals surface area contributed by atoms with Gasteiger partial charge in [0.15, 0.2) is 0 Å². The van der Waals surface area contributed by atoms with Gasteiger partial charge in [0.2, 0.25) is 0 Å². The molecule has 1 heterocycles. The molecule has 2 rings (SSSR count). The molecule has 1 aliphatic rings. The third-order valence-corrected chi connectivity index (χ3v) is 3.63. The number of likely N-dealkylation sites (tertiary alicyclic amines) is 1. The first-order chi connectivity index (χ1) is 8.54. The van der Waals surface area contributed by atoms with Gasteiger partial charge in [0, 0.05) is 25.2 Å². The van der Waals surface area contributed by atoms with Crippen molar-refractivity contribution in [2.45, 2.75) is 38.6 Å². The quantitative estimate of drug-likeness (QED) is 0.879. The lowest BCUT2D eigenvalue weighted by atomic mass is 9.99. The number of nitrogens with one attached hydrogen (secondary N) is 1. The fourth-order valence-corrected chi connectivity index (χ4v) is 2.62. The first kappa shape index (κ1) is 13.6. The van der Waals surface area contributed by atoms with Crippen molar-refractivity contribution in [3.05, 3.63) is 35.9 Å². The first-order valence-electron chi connectivity index (χ1n) is 7.07. The highest BCUT2D eigenvalue weighted by Gasteiger charge is 2.23. The summed E-state index contributed by atoms with van der Waals surface area (Å²) >= 11 is 0. The zero-order valence-electron chi connectivity index (χ0n) is 11.9. The second-order valence-electron chi connectivity index (χ2n) is 6.37. The molecule has 0 bridgehead atoms. The van der Waals surface area contributed by atoms with Crippen molar-refractivity contribution in [1.29, 1.82) is 0 Å². The van der Waals surface area contributed by atoms with Gasteiger partial charge in [-0.2, -0.15) is 0 Å². The molecule has 2 heteroatoms. The SMILES string of the molecule is CC(C)(C)NCCN1CCC(c2ccccc2)C1. The van der Waals surface area contributed by atoms with Crippen molar-refractivity contribution in [3.8, 4) is 0 Å².